The predicted molar refractivity (Wildman–Crippen MR) is 196 cm³/mol. The van der Waals surface area contributed by atoms with Gasteiger partial charge in [0.1, 0.15) is 0 Å². The molecule has 0 amide bonds. The number of anilines is 5. The quantitative estimate of drug-likeness (QED) is 0.0427. The highest BCUT2D eigenvalue weighted by molar-refractivity contribution is 5.81. The number of hydrogen-bond donors (Lipinski definition) is 1. The highest BCUT2D eigenvalue weighted by Crippen LogP contribution is 2.35. The summed E-state index contributed by atoms with van der Waals surface area (Å²) in [4.78, 5) is 25.0. The first-order valence-corrected chi connectivity index (χ1v) is 15.9. The first-order chi connectivity index (χ1) is 24.0. The Hall–Kier alpha value is -6.52. The molecule has 0 saturated heterocycles. The number of ether oxygens (including phenoxy) is 2. The lowest BCUT2D eigenvalue weighted by Crippen LogP contribution is -2.29. The maximum atomic E-state index is 11.4. The van der Waals surface area contributed by atoms with Gasteiger partial charge in [-0.3, -0.25) is 5.43 Å². The Morgan fingerprint density at radius 2 is 0.980 bits per heavy atom. The van der Waals surface area contributed by atoms with Crippen molar-refractivity contribution in [1.29, 1.82) is 0 Å². The van der Waals surface area contributed by atoms with E-state index in [9.17, 15) is 9.59 Å². The molecule has 49 heavy (non-hydrogen) atoms. The topological polar surface area (TPSA) is 71.1 Å². The zero-order chi connectivity index (χ0) is 34.3. The van der Waals surface area contributed by atoms with Crippen LogP contribution in [0.1, 0.15) is 16.7 Å². The van der Waals surface area contributed by atoms with Gasteiger partial charge in [0, 0.05) is 53.7 Å². The third-order valence-electron chi connectivity index (χ3n) is 7.52. The molecule has 0 radical (unpaired) electrons. The van der Waals surface area contributed by atoms with E-state index in [-0.39, 0.29) is 13.2 Å². The maximum Gasteiger partial charge on any atom is 0.330 e. The minimum Gasteiger partial charge on any atom is -0.462 e. The molecular weight excluding hydrogens is 610 g/mol. The van der Waals surface area contributed by atoms with Crippen molar-refractivity contribution in [2.75, 3.05) is 23.1 Å². The highest BCUT2D eigenvalue weighted by atomic mass is 16.5. The molecule has 244 valence electrons. The van der Waals surface area contributed by atoms with Crippen LogP contribution in [0, 0.1) is 12.0 Å². The Labute approximate surface area is 287 Å². The van der Waals surface area contributed by atoms with E-state index in [1.165, 1.54) is 0 Å². The summed E-state index contributed by atoms with van der Waals surface area (Å²) < 4.78 is 10.3. The highest BCUT2D eigenvalue weighted by Gasteiger charge is 2.13. The van der Waals surface area contributed by atoms with E-state index in [1.807, 2.05) is 138 Å². The number of hydrogen-bond acceptors (Lipinski definition) is 7. The van der Waals surface area contributed by atoms with E-state index >= 15 is 0 Å². The fraction of sp³-hybridized carbons (Fsp3) is 0.0952. The number of nitrogens with zero attached hydrogens (tertiary/aromatic N) is 2. The zero-order valence-electron chi connectivity index (χ0n) is 27.1. The molecular formula is C42H37N3O4. The maximum absolute atomic E-state index is 11.4. The summed E-state index contributed by atoms with van der Waals surface area (Å²) in [5.74, 6) is 2.37. The molecule has 0 bridgehead atoms. The monoisotopic (exact) mass is 647 g/mol. The number of hydrazine groups is 1. The molecule has 7 heteroatoms. The molecule has 0 aliphatic heterocycles. The predicted octanol–water partition coefficient (Wildman–Crippen LogP) is 8.35. The molecule has 0 aliphatic carbocycles. The molecule has 7 nitrogen and oxygen atoms in total. The van der Waals surface area contributed by atoms with Crippen LogP contribution in [0.25, 0.3) is 0 Å². The molecule has 1 N–H and O–H groups in total. The molecule has 0 aliphatic rings. The van der Waals surface area contributed by atoms with Gasteiger partial charge in [-0.25, -0.2) is 14.6 Å². The van der Waals surface area contributed by atoms with Crippen molar-refractivity contribution in [2.45, 2.75) is 12.8 Å². The Morgan fingerprint density at radius 3 is 1.39 bits per heavy atom. The summed E-state index contributed by atoms with van der Waals surface area (Å²) in [5.41, 5.74) is 11.0. The van der Waals surface area contributed by atoms with E-state index in [0.29, 0.717) is 12.8 Å². The van der Waals surface area contributed by atoms with Gasteiger partial charge in [0.05, 0.1) is 24.6 Å². The number of carbonyl (C=O) groups is 2. The first-order valence-electron chi connectivity index (χ1n) is 15.9. The molecule has 5 aromatic rings. The van der Waals surface area contributed by atoms with Gasteiger partial charge in [-0.15, -0.1) is 0 Å². The molecule has 0 atom stereocenters. The summed E-state index contributed by atoms with van der Waals surface area (Å²) in [6.45, 7) is 7.44. The van der Waals surface area contributed by atoms with E-state index in [4.69, 9.17) is 9.47 Å². The Balaban J connectivity index is 1.36. The van der Waals surface area contributed by atoms with Crippen LogP contribution < -0.4 is 15.3 Å². The molecule has 0 spiro atoms. The average molecular weight is 648 g/mol. The first kappa shape index (κ1) is 33.8. The Bertz CT molecular complexity index is 1790. The van der Waals surface area contributed by atoms with Gasteiger partial charge in [-0.05, 0) is 89.8 Å². The van der Waals surface area contributed by atoms with Gasteiger partial charge in [-0.1, -0.05) is 73.8 Å². The third kappa shape index (κ3) is 9.74. The van der Waals surface area contributed by atoms with E-state index < -0.39 is 11.9 Å². The lowest BCUT2D eigenvalue weighted by Gasteiger charge is -2.26. The molecule has 0 heterocycles. The smallest absolute Gasteiger partial charge is 0.330 e. The fourth-order valence-electron chi connectivity index (χ4n) is 5.01. The summed E-state index contributed by atoms with van der Waals surface area (Å²) >= 11 is 0. The number of esters is 2. The van der Waals surface area contributed by atoms with Crippen LogP contribution in [0.4, 0.5) is 28.4 Å². The Morgan fingerprint density at radius 1 is 0.571 bits per heavy atom. The van der Waals surface area contributed by atoms with Crippen LogP contribution in [-0.4, -0.2) is 25.2 Å². The molecule has 0 fully saturated rings. The fourth-order valence-corrected chi connectivity index (χ4v) is 5.01. The van der Waals surface area contributed by atoms with Crippen molar-refractivity contribution in [3.05, 3.63) is 175 Å². The van der Waals surface area contributed by atoms with Crippen LogP contribution in [0.5, 0.6) is 0 Å². The number of benzene rings is 5. The van der Waals surface area contributed by atoms with Gasteiger partial charge >= 0.3 is 11.9 Å². The minimum atomic E-state index is -0.432. The van der Waals surface area contributed by atoms with Crippen LogP contribution >= 0.6 is 0 Å². The minimum absolute atomic E-state index is 0.281. The van der Waals surface area contributed by atoms with E-state index in [2.05, 4.69) is 35.4 Å². The molecule has 0 unspecified atom stereocenters. The second-order valence-corrected chi connectivity index (χ2v) is 10.8. The number of carbonyl (C=O) groups excluding carboxylic acids is 2. The number of nitrogens with one attached hydrogen (secondary N) is 1. The van der Waals surface area contributed by atoms with Gasteiger partial charge in [0.2, 0.25) is 0 Å². The van der Waals surface area contributed by atoms with Crippen molar-refractivity contribution in [3.63, 3.8) is 0 Å². The Kier molecular flexibility index (Phi) is 12.0. The van der Waals surface area contributed by atoms with E-state index in [1.54, 1.807) is 0 Å². The van der Waals surface area contributed by atoms with E-state index in [0.717, 1.165) is 57.3 Å². The van der Waals surface area contributed by atoms with Gasteiger partial charge < -0.3 is 14.4 Å². The SMILES string of the molecule is C=CC(=O)OCCc1ccc(N(c2ccc(C#CNN(c3ccccc3)c3ccccc3)cc2)c2ccc(CCOC(=O)C=C)cc2)cc1. The van der Waals surface area contributed by atoms with Gasteiger partial charge in [0.25, 0.3) is 0 Å². The van der Waals surface area contributed by atoms with Crippen molar-refractivity contribution < 1.29 is 19.1 Å². The van der Waals surface area contributed by atoms with Gasteiger partial charge in [-0.2, -0.15) is 0 Å². The van der Waals surface area contributed by atoms with Crippen molar-refractivity contribution >= 4 is 40.4 Å². The molecule has 5 aromatic carbocycles. The lowest BCUT2D eigenvalue weighted by atomic mass is 10.1. The van der Waals surface area contributed by atoms with Crippen molar-refractivity contribution in [1.82, 2.24) is 5.43 Å². The summed E-state index contributed by atoms with van der Waals surface area (Å²) in [5, 5.41) is 1.95. The van der Waals surface area contributed by atoms with Crippen molar-refractivity contribution in [2.24, 2.45) is 0 Å². The van der Waals surface area contributed by atoms with Crippen LogP contribution in [0.15, 0.2) is 159 Å². The van der Waals surface area contributed by atoms with Crippen LogP contribution in [0.2, 0.25) is 0 Å². The van der Waals surface area contributed by atoms with Crippen LogP contribution in [0.3, 0.4) is 0 Å². The molecule has 5 rings (SSSR count). The van der Waals surface area contributed by atoms with Gasteiger partial charge in [0.15, 0.2) is 0 Å². The zero-order valence-corrected chi connectivity index (χ0v) is 27.1. The number of para-hydroxylation sites is 2. The summed E-state index contributed by atoms with van der Waals surface area (Å²) in [6.07, 6.45) is 3.52. The second-order valence-electron chi connectivity index (χ2n) is 10.8. The average Bonchev–Trinajstić information content (AvgIpc) is 3.16. The normalized spacial score (nSPS) is 10.1. The summed E-state index contributed by atoms with van der Waals surface area (Å²) in [6, 6.07) is 47.6. The van der Waals surface area contributed by atoms with Crippen LogP contribution in [-0.2, 0) is 31.9 Å². The van der Waals surface area contributed by atoms with Crippen molar-refractivity contribution in [3.8, 4) is 12.0 Å². The molecule has 0 saturated carbocycles. The largest absolute Gasteiger partial charge is 0.462 e. The number of rotatable bonds is 14. The second kappa shape index (κ2) is 17.4. The third-order valence-corrected chi connectivity index (χ3v) is 7.52. The lowest BCUT2D eigenvalue weighted by molar-refractivity contribution is -0.138. The summed E-state index contributed by atoms with van der Waals surface area (Å²) in [7, 11) is 0. The molecule has 0 aromatic heterocycles. The standard InChI is InChI=1S/C42H37N3O4/c1-3-41(46)48-31-28-34-17-23-37(24-18-34)44(38-25-19-35(20-26-38)29-32-49-42(47)4-2)36-21-15-33(16-22-36)27-30-43-45(39-11-7-5-8-12-39)40-13-9-6-10-14-40/h3-26,43H,1-2,28-29,31-32H2.